The highest BCUT2D eigenvalue weighted by Crippen LogP contribution is 2.30. The van der Waals surface area contributed by atoms with Gasteiger partial charge in [0.2, 0.25) is 0 Å². The first-order valence-corrected chi connectivity index (χ1v) is 9.88. The molecule has 0 heterocycles. The van der Waals surface area contributed by atoms with Crippen LogP contribution in [0, 0.1) is 5.92 Å². The molecule has 9 nitrogen and oxygen atoms in total. The maximum absolute atomic E-state index is 12.6. The maximum Gasteiger partial charge on any atom is 0.412 e. The van der Waals surface area contributed by atoms with Crippen LogP contribution in [-0.2, 0) is 9.53 Å². The summed E-state index contributed by atoms with van der Waals surface area (Å²) in [5.74, 6) is -0.776. The molecule has 2 rings (SSSR count). The van der Waals surface area contributed by atoms with Crippen LogP contribution in [0.1, 0.15) is 35.9 Å². The van der Waals surface area contributed by atoms with Crippen molar-refractivity contribution in [3.05, 3.63) is 71.8 Å². The third-order valence-electron chi connectivity index (χ3n) is 4.46. The van der Waals surface area contributed by atoms with Gasteiger partial charge in [-0.05, 0) is 48.9 Å². The Kier molecular flexibility index (Phi) is 9.40. The fraction of sp³-hybridized carbons (Fsp3) is 0.261. The largest absolute Gasteiger partial charge is 0.491 e. The van der Waals surface area contributed by atoms with Crippen LogP contribution in [0.25, 0.3) is 0 Å². The Morgan fingerprint density at radius 1 is 1.12 bits per heavy atom. The van der Waals surface area contributed by atoms with Crippen molar-refractivity contribution in [1.29, 1.82) is 0 Å². The van der Waals surface area contributed by atoms with E-state index in [0.29, 0.717) is 22.6 Å². The molecular weight excluding hydrogens is 416 g/mol. The summed E-state index contributed by atoms with van der Waals surface area (Å²) in [5.41, 5.74) is 3.07. The van der Waals surface area contributed by atoms with E-state index in [2.05, 4.69) is 5.32 Å². The van der Waals surface area contributed by atoms with Gasteiger partial charge < -0.3 is 14.6 Å². The molecule has 0 saturated heterocycles. The van der Waals surface area contributed by atoms with E-state index in [1.165, 1.54) is 18.5 Å². The predicted octanol–water partition coefficient (Wildman–Crippen LogP) is 3.25. The number of aliphatic hydroxyl groups excluding tert-OH is 1. The topological polar surface area (TPSA) is 134 Å². The maximum atomic E-state index is 12.6. The molecule has 0 fully saturated rings. The molecule has 2 amide bonds. The van der Waals surface area contributed by atoms with Crippen LogP contribution in [0.4, 0.5) is 10.5 Å². The van der Waals surface area contributed by atoms with Crippen molar-refractivity contribution in [2.75, 3.05) is 18.5 Å². The number of hydrogen-bond acceptors (Lipinski definition) is 7. The quantitative estimate of drug-likeness (QED) is 0.192. The van der Waals surface area contributed by atoms with Gasteiger partial charge in [0.1, 0.15) is 18.5 Å². The number of aliphatic hydroxyl groups is 1. The molecule has 0 aliphatic carbocycles. The molecule has 0 bridgehead atoms. The van der Waals surface area contributed by atoms with Gasteiger partial charge in [0.15, 0.2) is 5.78 Å². The van der Waals surface area contributed by atoms with Crippen LogP contribution in [0.5, 0.6) is 5.75 Å². The van der Waals surface area contributed by atoms with Crippen molar-refractivity contribution in [3.63, 3.8) is 0 Å². The van der Waals surface area contributed by atoms with Gasteiger partial charge in [-0.1, -0.05) is 25.1 Å². The average molecular weight is 442 g/mol. The highest BCUT2D eigenvalue weighted by Gasteiger charge is 2.23. The lowest BCUT2D eigenvalue weighted by atomic mass is 9.96. The summed E-state index contributed by atoms with van der Waals surface area (Å²) in [6.07, 6.45) is 1.09. The van der Waals surface area contributed by atoms with E-state index in [9.17, 15) is 14.4 Å². The second-order valence-corrected chi connectivity index (χ2v) is 6.92. The SMILES string of the molecule is CC(=O)c1ccc(NC(=O)O[C@@H](c2cccc(OCCO)c2)[C@@H](C)/C=C/C(=O)NO)cc1. The number of hydroxylamine groups is 1. The Morgan fingerprint density at radius 3 is 2.47 bits per heavy atom. The van der Waals surface area contributed by atoms with Gasteiger partial charge in [0.05, 0.1) is 6.61 Å². The first-order chi connectivity index (χ1) is 15.3. The van der Waals surface area contributed by atoms with Crippen LogP contribution in [0.2, 0.25) is 0 Å². The Hall–Kier alpha value is -3.69. The molecule has 0 aromatic heterocycles. The third kappa shape index (κ3) is 7.53. The van der Waals surface area contributed by atoms with Crippen molar-refractivity contribution in [2.45, 2.75) is 20.0 Å². The number of Topliss-reactive ketones (excluding diaryl/α,β-unsaturated/α-hetero) is 1. The summed E-state index contributed by atoms with van der Waals surface area (Å²) in [5, 5.41) is 20.2. The second kappa shape index (κ2) is 12.2. The van der Waals surface area contributed by atoms with Crippen molar-refractivity contribution in [2.24, 2.45) is 5.92 Å². The molecule has 4 N–H and O–H groups in total. The van der Waals surface area contributed by atoms with Crippen molar-refractivity contribution in [1.82, 2.24) is 5.48 Å². The van der Waals surface area contributed by atoms with Gasteiger partial charge >= 0.3 is 6.09 Å². The minimum Gasteiger partial charge on any atom is -0.491 e. The van der Waals surface area contributed by atoms with Crippen molar-refractivity contribution in [3.8, 4) is 5.75 Å². The van der Waals surface area contributed by atoms with Gasteiger partial charge in [-0.3, -0.25) is 20.1 Å². The number of hydrogen-bond donors (Lipinski definition) is 4. The second-order valence-electron chi connectivity index (χ2n) is 6.92. The first kappa shape index (κ1) is 24.6. The summed E-state index contributed by atoms with van der Waals surface area (Å²) in [7, 11) is 0. The molecule has 0 radical (unpaired) electrons. The van der Waals surface area contributed by atoms with Gasteiger partial charge in [-0.15, -0.1) is 0 Å². The average Bonchev–Trinajstić information content (AvgIpc) is 2.79. The molecule has 32 heavy (non-hydrogen) atoms. The molecular formula is C23H26N2O7. The van der Waals surface area contributed by atoms with Gasteiger partial charge in [-0.2, -0.15) is 0 Å². The summed E-state index contributed by atoms with van der Waals surface area (Å²) in [6.45, 7) is 3.15. The summed E-state index contributed by atoms with van der Waals surface area (Å²) in [4.78, 5) is 35.3. The molecule has 0 spiro atoms. The lowest BCUT2D eigenvalue weighted by molar-refractivity contribution is -0.124. The zero-order chi connectivity index (χ0) is 23.5. The van der Waals surface area contributed by atoms with E-state index in [4.69, 9.17) is 19.8 Å². The number of carbonyl (C=O) groups excluding carboxylic acids is 3. The van der Waals surface area contributed by atoms with Gasteiger partial charge in [0, 0.05) is 23.2 Å². The predicted molar refractivity (Wildman–Crippen MR) is 117 cm³/mol. The molecule has 9 heteroatoms. The van der Waals surface area contributed by atoms with Crippen LogP contribution < -0.4 is 15.5 Å². The fourth-order valence-electron chi connectivity index (χ4n) is 2.85. The van der Waals surface area contributed by atoms with E-state index in [0.717, 1.165) is 6.08 Å². The van der Waals surface area contributed by atoms with E-state index in [1.807, 2.05) is 0 Å². The van der Waals surface area contributed by atoms with Crippen LogP contribution >= 0.6 is 0 Å². The summed E-state index contributed by atoms with van der Waals surface area (Å²) >= 11 is 0. The van der Waals surface area contributed by atoms with Crippen molar-refractivity contribution < 1.29 is 34.2 Å². The zero-order valence-corrected chi connectivity index (χ0v) is 17.8. The normalized spacial score (nSPS) is 12.6. The molecule has 0 unspecified atom stereocenters. The highest BCUT2D eigenvalue weighted by atomic mass is 16.6. The van der Waals surface area contributed by atoms with Gasteiger partial charge in [-0.25, -0.2) is 10.3 Å². The molecule has 170 valence electrons. The first-order valence-electron chi connectivity index (χ1n) is 9.88. The molecule has 2 aromatic rings. The smallest absolute Gasteiger partial charge is 0.412 e. The van der Waals surface area contributed by atoms with E-state index >= 15 is 0 Å². The zero-order valence-electron chi connectivity index (χ0n) is 17.8. The molecule has 2 atom stereocenters. The number of carbonyl (C=O) groups is 3. The standard InChI is InChI=1S/C23H26N2O7/c1-15(6-11-21(28)25-30)22(18-4-3-5-20(14-18)31-13-12-26)32-23(29)24-19-9-7-17(8-10-19)16(2)27/h3-11,14-15,22,26,30H,12-13H2,1-2H3,(H,24,29)(H,25,28)/b11-6+/t15-,22+/m0/s1. The third-order valence-corrected chi connectivity index (χ3v) is 4.46. The number of rotatable bonds is 10. The number of benzene rings is 2. The Morgan fingerprint density at radius 2 is 1.84 bits per heavy atom. The molecule has 0 saturated carbocycles. The van der Waals surface area contributed by atoms with Crippen LogP contribution in [-0.4, -0.2) is 41.3 Å². The minimum atomic E-state index is -0.799. The summed E-state index contributed by atoms with van der Waals surface area (Å²) in [6, 6.07) is 13.2. The number of amides is 2. The van der Waals surface area contributed by atoms with Crippen LogP contribution in [0.15, 0.2) is 60.7 Å². The number of ether oxygens (including phenoxy) is 2. The van der Waals surface area contributed by atoms with Gasteiger partial charge in [0.25, 0.3) is 5.91 Å². The van der Waals surface area contributed by atoms with Crippen LogP contribution in [0.3, 0.4) is 0 Å². The lowest BCUT2D eigenvalue weighted by Gasteiger charge is -2.23. The minimum absolute atomic E-state index is 0.0879. The number of anilines is 1. The van der Waals surface area contributed by atoms with E-state index < -0.39 is 24.0 Å². The monoisotopic (exact) mass is 442 g/mol. The van der Waals surface area contributed by atoms with E-state index in [-0.39, 0.29) is 19.0 Å². The Balaban J connectivity index is 2.21. The van der Waals surface area contributed by atoms with E-state index in [1.54, 1.807) is 55.5 Å². The number of nitrogens with one attached hydrogen (secondary N) is 2. The molecule has 2 aromatic carbocycles. The van der Waals surface area contributed by atoms with Crippen molar-refractivity contribution >= 4 is 23.5 Å². The Labute approximate surface area is 185 Å². The fourth-order valence-corrected chi connectivity index (χ4v) is 2.85. The Bertz CT molecular complexity index is 957. The molecule has 0 aliphatic rings. The summed E-state index contributed by atoms with van der Waals surface area (Å²) < 4.78 is 11.1. The molecule has 0 aliphatic heterocycles. The number of ketones is 1. The lowest BCUT2D eigenvalue weighted by Crippen LogP contribution is -2.22. The highest BCUT2D eigenvalue weighted by molar-refractivity contribution is 5.95.